The molecule has 2 aromatic rings. The van der Waals surface area contributed by atoms with Crippen LogP contribution in [0.15, 0.2) is 30.3 Å². The number of carbonyl (C=O) groups is 1. The number of hydrogen-bond acceptors (Lipinski definition) is 1. The molecule has 1 heterocycles. The fraction of sp³-hybridized carbons (Fsp3) is 0.526. The average Bonchev–Trinajstić information content (AvgIpc) is 2.92. The molecule has 1 aromatic carbocycles. The SMILES string of the molecule is C[C@@H]1[C@H]2C[C@H](C[C@H]1NC(=O)c1cc3ccccc3[nH]1)C2(C)C. The van der Waals surface area contributed by atoms with Crippen LogP contribution in [-0.4, -0.2) is 16.9 Å². The third-order valence-corrected chi connectivity index (χ3v) is 6.45. The standard InChI is InChI=1S/C19H24N2O/c1-11-14-9-13(19(14,2)3)10-16(11)21-18(22)17-8-12-6-4-5-7-15(12)20-17/h4-8,11,13-14,16,20H,9-10H2,1-3H3,(H,21,22)/t11-,13-,14-,16-/m1/s1. The number of fused-ring (bicyclic) bond motifs is 3. The molecule has 116 valence electrons. The highest BCUT2D eigenvalue weighted by Crippen LogP contribution is 2.61. The van der Waals surface area contributed by atoms with E-state index in [0.717, 1.165) is 29.2 Å². The van der Waals surface area contributed by atoms with E-state index in [4.69, 9.17) is 0 Å². The smallest absolute Gasteiger partial charge is 0.267 e. The molecule has 2 N–H and O–H groups in total. The highest BCUT2D eigenvalue weighted by atomic mass is 16.1. The van der Waals surface area contributed by atoms with Gasteiger partial charge in [-0.05, 0) is 48.1 Å². The third kappa shape index (κ3) is 1.91. The third-order valence-electron chi connectivity index (χ3n) is 6.45. The summed E-state index contributed by atoms with van der Waals surface area (Å²) in [4.78, 5) is 15.8. The van der Waals surface area contributed by atoms with E-state index in [-0.39, 0.29) is 5.91 Å². The van der Waals surface area contributed by atoms with Gasteiger partial charge in [-0.3, -0.25) is 4.79 Å². The fourth-order valence-electron chi connectivity index (χ4n) is 4.78. The van der Waals surface area contributed by atoms with Crippen LogP contribution in [0, 0.1) is 23.2 Å². The fourth-order valence-corrected chi connectivity index (χ4v) is 4.78. The maximum absolute atomic E-state index is 12.6. The van der Waals surface area contributed by atoms with Crippen LogP contribution >= 0.6 is 0 Å². The Morgan fingerprint density at radius 1 is 1.27 bits per heavy atom. The maximum atomic E-state index is 12.6. The monoisotopic (exact) mass is 296 g/mol. The van der Waals surface area contributed by atoms with E-state index < -0.39 is 0 Å². The van der Waals surface area contributed by atoms with Gasteiger partial charge in [-0.1, -0.05) is 39.0 Å². The number of aromatic amines is 1. The topological polar surface area (TPSA) is 44.9 Å². The van der Waals surface area contributed by atoms with Crippen molar-refractivity contribution in [1.82, 2.24) is 10.3 Å². The van der Waals surface area contributed by atoms with Crippen molar-refractivity contribution in [2.24, 2.45) is 23.2 Å². The molecule has 3 aliphatic carbocycles. The molecule has 1 aromatic heterocycles. The molecular weight excluding hydrogens is 272 g/mol. The summed E-state index contributed by atoms with van der Waals surface area (Å²) in [5.74, 6) is 2.11. The van der Waals surface area contributed by atoms with Crippen LogP contribution in [0.4, 0.5) is 0 Å². The summed E-state index contributed by atoms with van der Waals surface area (Å²) in [6.07, 6.45) is 2.46. The Balaban J connectivity index is 1.51. The summed E-state index contributed by atoms with van der Waals surface area (Å²) in [6.45, 7) is 7.08. The van der Waals surface area contributed by atoms with Crippen molar-refractivity contribution in [3.8, 4) is 0 Å². The van der Waals surface area contributed by atoms with Crippen LogP contribution in [0.5, 0.6) is 0 Å². The van der Waals surface area contributed by atoms with Gasteiger partial charge in [-0.25, -0.2) is 0 Å². The first-order valence-electron chi connectivity index (χ1n) is 8.35. The number of H-pyrrole nitrogens is 1. The summed E-state index contributed by atoms with van der Waals surface area (Å²) in [7, 11) is 0. The molecule has 0 saturated heterocycles. The van der Waals surface area contributed by atoms with Gasteiger partial charge in [0.25, 0.3) is 5.91 Å². The van der Waals surface area contributed by atoms with Gasteiger partial charge < -0.3 is 10.3 Å². The molecule has 0 aliphatic heterocycles. The van der Waals surface area contributed by atoms with E-state index in [2.05, 4.69) is 31.1 Å². The molecule has 3 nitrogen and oxygen atoms in total. The molecule has 3 fully saturated rings. The lowest BCUT2D eigenvalue weighted by molar-refractivity contribution is -0.113. The Morgan fingerprint density at radius 3 is 2.73 bits per heavy atom. The highest BCUT2D eigenvalue weighted by molar-refractivity contribution is 5.98. The lowest BCUT2D eigenvalue weighted by Crippen LogP contribution is -2.60. The maximum Gasteiger partial charge on any atom is 0.267 e. The quantitative estimate of drug-likeness (QED) is 0.865. The second kappa shape index (κ2) is 4.61. The van der Waals surface area contributed by atoms with Crippen molar-refractivity contribution in [1.29, 1.82) is 0 Å². The van der Waals surface area contributed by atoms with Crippen LogP contribution in [0.1, 0.15) is 44.1 Å². The van der Waals surface area contributed by atoms with Gasteiger partial charge in [0.2, 0.25) is 0 Å². The second-order valence-electron chi connectivity index (χ2n) is 7.81. The summed E-state index contributed by atoms with van der Waals surface area (Å²) in [5, 5.41) is 4.37. The minimum Gasteiger partial charge on any atom is -0.351 e. The van der Waals surface area contributed by atoms with Gasteiger partial charge in [0.15, 0.2) is 0 Å². The number of benzene rings is 1. The molecule has 0 radical (unpaired) electrons. The predicted octanol–water partition coefficient (Wildman–Crippen LogP) is 3.97. The number of hydrogen-bond donors (Lipinski definition) is 2. The van der Waals surface area contributed by atoms with E-state index in [1.54, 1.807) is 0 Å². The zero-order valence-corrected chi connectivity index (χ0v) is 13.5. The average molecular weight is 296 g/mol. The number of amides is 1. The van der Waals surface area contributed by atoms with Crippen molar-refractivity contribution in [2.45, 2.75) is 39.7 Å². The van der Waals surface area contributed by atoms with E-state index >= 15 is 0 Å². The number of carbonyl (C=O) groups excluding carboxylic acids is 1. The normalized spacial score (nSPS) is 32.5. The lowest BCUT2D eigenvalue weighted by atomic mass is 9.45. The Bertz CT molecular complexity index is 697. The van der Waals surface area contributed by atoms with E-state index in [1.807, 2.05) is 30.3 Å². The Labute approximate surface area is 131 Å². The molecule has 3 heteroatoms. The van der Waals surface area contributed by atoms with Crippen molar-refractivity contribution < 1.29 is 4.79 Å². The summed E-state index contributed by atoms with van der Waals surface area (Å²) < 4.78 is 0. The van der Waals surface area contributed by atoms with Crippen molar-refractivity contribution in [3.63, 3.8) is 0 Å². The van der Waals surface area contributed by atoms with Crippen LogP contribution in [0.2, 0.25) is 0 Å². The van der Waals surface area contributed by atoms with Gasteiger partial charge in [-0.15, -0.1) is 0 Å². The zero-order valence-electron chi connectivity index (χ0n) is 13.5. The van der Waals surface area contributed by atoms with Crippen LogP contribution in [0.25, 0.3) is 10.9 Å². The first kappa shape index (κ1) is 13.9. The lowest BCUT2D eigenvalue weighted by Gasteiger charge is -2.62. The van der Waals surface area contributed by atoms with Gasteiger partial charge in [-0.2, -0.15) is 0 Å². The summed E-state index contributed by atoms with van der Waals surface area (Å²) in [5.41, 5.74) is 2.15. The zero-order chi connectivity index (χ0) is 15.5. The van der Waals surface area contributed by atoms with Crippen LogP contribution in [0.3, 0.4) is 0 Å². The molecular formula is C19H24N2O. The number of para-hydroxylation sites is 1. The second-order valence-corrected chi connectivity index (χ2v) is 7.81. The minimum atomic E-state index is 0.0344. The first-order chi connectivity index (χ1) is 10.5. The Kier molecular flexibility index (Phi) is 2.91. The van der Waals surface area contributed by atoms with E-state index in [9.17, 15) is 4.79 Å². The highest BCUT2D eigenvalue weighted by Gasteiger charge is 2.56. The predicted molar refractivity (Wildman–Crippen MR) is 88.7 cm³/mol. The number of nitrogens with one attached hydrogen (secondary N) is 2. The first-order valence-corrected chi connectivity index (χ1v) is 8.35. The van der Waals surface area contributed by atoms with Gasteiger partial charge in [0, 0.05) is 16.9 Å². The number of rotatable bonds is 2. The number of aromatic nitrogens is 1. The van der Waals surface area contributed by atoms with Gasteiger partial charge >= 0.3 is 0 Å². The molecule has 22 heavy (non-hydrogen) atoms. The van der Waals surface area contributed by atoms with E-state index in [0.29, 0.717) is 23.1 Å². The van der Waals surface area contributed by atoms with Crippen molar-refractivity contribution in [3.05, 3.63) is 36.0 Å². The minimum absolute atomic E-state index is 0.0344. The molecule has 4 atom stereocenters. The molecule has 3 saturated carbocycles. The van der Waals surface area contributed by atoms with Crippen LogP contribution < -0.4 is 5.32 Å². The summed E-state index contributed by atoms with van der Waals surface area (Å²) >= 11 is 0. The molecule has 1 amide bonds. The summed E-state index contributed by atoms with van der Waals surface area (Å²) in [6, 6.07) is 10.3. The van der Waals surface area contributed by atoms with Crippen molar-refractivity contribution >= 4 is 16.8 Å². The molecule has 5 rings (SSSR count). The largest absolute Gasteiger partial charge is 0.351 e. The molecule has 0 spiro atoms. The Morgan fingerprint density at radius 2 is 2.05 bits per heavy atom. The molecule has 0 unspecified atom stereocenters. The molecule has 3 aliphatic rings. The van der Waals surface area contributed by atoms with E-state index in [1.165, 1.54) is 6.42 Å². The van der Waals surface area contributed by atoms with Crippen LogP contribution in [-0.2, 0) is 0 Å². The Hall–Kier alpha value is -1.77. The van der Waals surface area contributed by atoms with Gasteiger partial charge in [0.1, 0.15) is 5.69 Å². The molecule has 2 bridgehead atoms. The van der Waals surface area contributed by atoms with Crippen molar-refractivity contribution in [2.75, 3.05) is 0 Å². The van der Waals surface area contributed by atoms with Gasteiger partial charge in [0.05, 0.1) is 0 Å².